The third kappa shape index (κ3) is 7.37. The molecule has 0 aromatic heterocycles. The first-order valence-electron chi connectivity index (χ1n) is 9.20. The third-order valence-corrected chi connectivity index (χ3v) is 4.48. The van der Waals surface area contributed by atoms with E-state index >= 15 is 0 Å². The number of carbonyl (C=O) groups excluding carboxylic acids is 2. The number of nitrogens with one attached hydrogen (secondary N) is 2. The van der Waals surface area contributed by atoms with Crippen LogP contribution < -0.4 is 20.2 Å². The zero-order valence-electron chi connectivity index (χ0n) is 16.6. The van der Waals surface area contributed by atoms with Gasteiger partial charge < -0.3 is 14.8 Å². The van der Waals surface area contributed by atoms with Crippen molar-refractivity contribution in [1.29, 1.82) is 0 Å². The highest BCUT2D eigenvalue weighted by Gasteiger charge is 2.12. The number of hydrogen-bond donors (Lipinski definition) is 2. The molecular weight excluding hydrogens is 485 g/mol. The minimum atomic E-state index is -0.503. The molecule has 29 heavy (non-hydrogen) atoms. The Bertz CT molecular complexity index is 882. The van der Waals surface area contributed by atoms with E-state index in [1.165, 1.54) is 6.21 Å². The van der Waals surface area contributed by atoms with Crippen molar-refractivity contribution in [1.82, 2.24) is 5.43 Å². The van der Waals surface area contributed by atoms with Gasteiger partial charge in [0.05, 0.1) is 23.0 Å². The van der Waals surface area contributed by atoms with Gasteiger partial charge in [0, 0.05) is 5.69 Å². The summed E-state index contributed by atoms with van der Waals surface area (Å²) in [5.41, 5.74) is 4.84. The molecule has 2 amide bonds. The predicted molar refractivity (Wildman–Crippen MR) is 122 cm³/mol. The van der Waals surface area contributed by atoms with Crippen LogP contribution in [0.2, 0.25) is 0 Å². The number of ether oxygens (including phenoxy) is 2. The molecule has 0 aliphatic rings. The summed E-state index contributed by atoms with van der Waals surface area (Å²) in [5.74, 6) is 0.391. The first-order chi connectivity index (χ1) is 13.9. The van der Waals surface area contributed by atoms with Crippen molar-refractivity contribution in [3.8, 4) is 11.5 Å². The fraction of sp³-hybridized carbons (Fsp3) is 0.286. The summed E-state index contributed by atoms with van der Waals surface area (Å²) in [7, 11) is 0. The molecule has 7 nitrogen and oxygen atoms in total. The molecule has 0 atom stereocenters. The van der Waals surface area contributed by atoms with Crippen molar-refractivity contribution >= 4 is 46.3 Å². The Kier molecular flexibility index (Phi) is 8.91. The lowest BCUT2D eigenvalue weighted by molar-refractivity contribution is -0.126. The predicted octanol–water partition coefficient (Wildman–Crippen LogP) is 3.88. The molecule has 2 aromatic carbocycles. The van der Waals surface area contributed by atoms with E-state index in [1.54, 1.807) is 18.2 Å². The standard InChI is InChI=1S/C21H24IN3O4/c1-4-28-18-11-15(10-17(22)21(18)29-5-2)13-23-25-20(27)12-19(26)24-16-8-6-14(3)7-9-16/h6-11,13H,4-5,12H2,1-3H3,(H,24,26)(H,25,27). The monoisotopic (exact) mass is 509 g/mol. The molecule has 0 aliphatic heterocycles. The van der Waals surface area contributed by atoms with Gasteiger partial charge in [0.1, 0.15) is 6.42 Å². The molecule has 0 aliphatic carbocycles. The molecule has 2 aromatic rings. The SMILES string of the molecule is CCOc1cc(C=NNC(=O)CC(=O)Nc2ccc(C)cc2)cc(I)c1OCC. The Morgan fingerprint density at radius 1 is 1.07 bits per heavy atom. The van der Waals surface area contributed by atoms with Gasteiger partial charge in [-0.2, -0.15) is 5.10 Å². The fourth-order valence-electron chi connectivity index (χ4n) is 2.42. The molecule has 2 rings (SSSR count). The second-order valence-corrected chi connectivity index (χ2v) is 7.24. The third-order valence-electron chi connectivity index (χ3n) is 3.68. The summed E-state index contributed by atoms with van der Waals surface area (Å²) < 4.78 is 12.1. The normalized spacial score (nSPS) is 10.6. The Morgan fingerprint density at radius 2 is 1.76 bits per heavy atom. The van der Waals surface area contributed by atoms with Crippen molar-refractivity contribution in [2.45, 2.75) is 27.2 Å². The minimum Gasteiger partial charge on any atom is -0.490 e. The van der Waals surface area contributed by atoms with Gasteiger partial charge in [0.25, 0.3) is 0 Å². The molecule has 0 fully saturated rings. The van der Waals surface area contributed by atoms with Gasteiger partial charge in [-0.1, -0.05) is 17.7 Å². The molecule has 2 N–H and O–H groups in total. The van der Waals surface area contributed by atoms with E-state index in [-0.39, 0.29) is 6.42 Å². The first-order valence-corrected chi connectivity index (χ1v) is 10.3. The Morgan fingerprint density at radius 3 is 2.41 bits per heavy atom. The second kappa shape index (κ2) is 11.4. The van der Waals surface area contributed by atoms with Crippen LogP contribution in [0, 0.1) is 10.5 Å². The van der Waals surface area contributed by atoms with Crippen LogP contribution in [0.1, 0.15) is 31.4 Å². The number of hydrazone groups is 1. The molecule has 0 saturated carbocycles. The lowest BCUT2D eigenvalue weighted by Crippen LogP contribution is -2.24. The number of rotatable bonds is 9. The van der Waals surface area contributed by atoms with Gasteiger partial charge in [-0.15, -0.1) is 0 Å². The summed E-state index contributed by atoms with van der Waals surface area (Å²) in [6, 6.07) is 11.0. The number of aryl methyl sites for hydroxylation is 1. The van der Waals surface area contributed by atoms with Crippen molar-refractivity contribution in [3.63, 3.8) is 0 Å². The number of halogens is 1. The Hall–Kier alpha value is -2.62. The number of amides is 2. The maximum atomic E-state index is 11.9. The van der Waals surface area contributed by atoms with Crippen LogP contribution in [0.25, 0.3) is 0 Å². The maximum Gasteiger partial charge on any atom is 0.249 e. The van der Waals surface area contributed by atoms with Crippen molar-refractivity contribution < 1.29 is 19.1 Å². The van der Waals surface area contributed by atoms with E-state index in [9.17, 15) is 9.59 Å². The van der Waals surface area contributed by atoms with E-state index < -0.39 is 11.8 Å². The van der Waals surface area contributed by atoms with Crippen molar-refractivity contribution in [2.24, 2.45) is 5.10 Å². The van der Waals surface area contributed by atoms with E-state index in [1.807, 2.05) is 39.0 Å². The quantitative estimate of drug-likeness (QED) is 0.233. The zero-order chi connectivity index (χ0) is 21.2. The van der Waals surface area contributed by atoms with Crippen LogP contribution >= 0.6 is 22.6 Å². The summed E-state index contributed by atoms with van der Waals surface area (Å²) in [6.45, 7) is 6.80. The van der Waals surface area contributed by atoms with Crippen LogP contribution in [0.5, 0.6) is 11.5 Å². The van der Waals surface area contributed by atoms with Crippen LogP contribution in [-0.2, 0) is 9.59 Å². The van der Waals surface area contributed by atoms with E-state index in [0.717, 1.165) is 14.7 Å². The second-order valence-electron chi connectivity index (χ2n) is 6.08. The molecule has 0 spiro atoms. The first kappa shape index (κ1) is 22.7. The Labute approximate surface area is 184 Å². The van der Waals surface area contributed by atoms with Crippen molar-refractivity contribution in [3.05, 3.63) is 51.1 Å². The summed E-state index contributed by atoms with van der Waals surface area (Å²) in [6.07, 6.45) is 1.17. The van der Waals surface area contributed by atoms with Crippen LogP contribution in [-0.4, -0.2) is 31.2 Å². The van der Waals surface area contributed by atoms with Gasteiger partial charge >= 0.3 is 0 Å². The van der Waals surface area contributed by atoms with Crippen LogP contribution in [0.3, 0.4) is 0 Å². The smallest absolute Gasteiger partial charge is 0.249 e. The summed E-state index contributed by atoms with van der Waals surface area (Å²) in [5, 5.41) is 6.60. The van der Waals surface area contributed by atoms with E-state index in [4.69, 9.17) is 9.47 Å². The van der Waals surface area contributed by atoms with Gasteiger partial charge in [0.2, 0.25) is 11.8 Å². The lowest BCUT2D eigenvalue weighted by Gasteiger charge is -2.13. The highest BCUT2D eigenvalue weighted by Crippen LogP contribution is 2.33. The summed E-state index contributed by atoms with van der Waals surface area (Å²) in [4.78, 5) is 23.9. The minimum absolute atomic E-state index is 0.323. The largest absolute Gasteiger partial charge is 0.490 e. The van der Waals surface area contributed by atoms with Gasteiger partial charge in [-0.05, 0) is 73.2 Å². The topological polar surface area (TPSA) is 89.0 Å². The van der Waals surface area contributed by atoms with Gasteiger partial charge in [-0.3, -0.25) is 9.59 Å². The molecule has 154 valence electrons. The highest BCUT2D eigenvalue weighted by atomic mass is 127. The number of hydrogen-bond acceptors (Lipinski definition) is 5. The highest BCUT2D eigenvalue weighted by molar-refractivity contribution is 14.1. The van der Waals surface area contributed by atoms with Crippen LogP contribution in [0.15, 0.2) is 41.5 Å². The number of nitrogens with zero attached hydrogens (tertiary/aromatic N) is 1. The molecule has 0 radical (unpaired) electrons. The molecule has 8 heteroatoms. The van der Waals surface area contributed by atoms with E-state index in [2.05, 4.69) is 38.4 Å². The van der Waals surface area contributed by atoms with Crippen LogP contribution in [0.4, 0.5) is 5.69 Å². The number of carbonyl (C=O) groups is 2. The fourth-order valence-corrected chi connectivity index (χ4v) is 3.20. The Balaban J connectivity index is 1.93. The molecule has 0 unspecified atom stereocenters. The lowest BCUT2D eigenvalue weighted by atomic mass is 10.2. The zero-order valence-corrected chi connectivity index (χ0v) is 18.8. The van der Waals surface area contributed by atoms with Crippen molar-refractivity contribution in [2.75, 3.05) is 18.5 Å². The number of anilines is 1. The molecule has 0 heterocycles. The molecular formula is C21H24IN3O4. The average Bonchev–Trinajstić information content (AvgIpc) is 2.66. The molecule has 0 saturated heterocycles. The average molecular weight is 509 g/mol. The molecule has 0 bridgehead atoms. The summed E-state index contributed by atoms with van der Waals surface area (Å²) >= 11 is 2.16. The van der Waals surface area contributed by atoms with Gasteiger partial charge in [0.15, 0.2) is 11.5 Å². The van der Waals surface area contributed by atoms with E-state index in [0.29, 0.717) is 30.4 Å². The number of benzene rings is 2. The van der Waals surface area contributed by atoms with Gasteiger partial charge in [-0.25, -0.2) is 5.43 Å². The maximum absolute atomic E-state index is 11.9.